The maximum Gasteiger partial charge on any atom is 0.228 e. The van der Waals surface area contributed by atoms with Gasteiger partial charge in [0.1, 0.15) is 5.84 Å². The third-order valence-electron chi connectivity index (χ3n) is 2.29. The van der Waals surface area contributed by atoms with E-state index in [4.69, 9.17) is 5.41 Å². The standard InChI is InChI=1S/C8H14N2O/c1-5(2)6-4-7(11)10(3)8(6)9/h5-6,9H,4H2,1-3H3. The van der Waals surface area contributed by atoms with Gasteiger partial charge in [-0.15, -0.1) is 0 Å². The maximum absolute atomic E-state index is 11.1. The van der Waals surface area contributed by atoms with Crippen molar-refractivity contribution in [2.24, 2.45) is 11.8 Å². The largest absolute Gasteiger partial charge is 0.304 e. The second-order valence-corrected chi connectivity index (χ2v) is 3.39. The Hall–Kier alpha value is -0.860. The molecule has 0 bridgehead atoms. The molecule has 3 nitrogen and oxygen atoms in total. The summed E-state index contributed by atoms with van der Waals surface area (Å²) in [6.45, 7) is 4.09. The second-order valence-electron chi connectivity index (χ2n) is 3.39. The van der Waals surface area contributed by atoms with Gasteiger partial charge < -0.3 is 4.90 Å². The molecule has 1 aliphatic rings. The van der Waals surface area contributed by atoms with Crippen LogP contribution in [0.25, 0.3) is 0 Å². The minimum atomic E-state index is 0.0775. The van der Waals surface area contributed by atoms with Gasteiger partial charge in [0.05, 0.1) is 0 Å². The molecule has 0 aromatic rings. The van der Waals surface area contributed by atoms with Crippen LogP contribution >= 0.6 is 0 Å². The van der Waals surface area contributed by atoms with Crippen molar-refractivity contribution in [2.75, 3.05) is 7.05 Å². The van der Waals surface area contributed by atoms with E-state index in [0.717, 1.165) is 0 Å². The Morgan fingerprint density at radius 3 is 2.36 bits per heavy atom. The fourth-order valence-electron chi connectivity index (χ4n) is 1.36. The van der Waals surface area contributed by atoms with E-state index in [2.05, 4.69) is 0 Å². The number of amidine groups is 1. The van der Waals surface area contributed by atoms with E-state index in [1.807, 2.05) is 13.8 Å². The number of nitrogens with zero attached hydrogens (tertiary/aromatic N) is 1. The van der Waals surface area contributed by atoms with Crippen LogP contribution in [0.4, 0.5) is 0 Å². The molecule has 1 fully saturated rings. The van der Waals surface area contributed by atoms with E-state index < -0.39 is 0 Å². The molecule has 0 radical (unpaired) electrons. The molecule has 1 rings (SSSR count). The second kappa shape index (κ2) is 2.64. The topological polar surface area (TPSA) is 44.2 Å². The summed E-state index contributed by atoms with van der Waals surface area (Å²) in [5.74, 6) is 1.10. The van der Waals surface area contributed by atoms with Gasteiger partial charge in [0, 0.05) is 19.4 Å². The number of carbonyl (C=O) groups is 1. The van der Waals surface area contributed by atoms with Crippen molar-refractivity contribution in [2.45, 2.75) is 20.3 Å². The van der Waals surface area contributed by atoms with Crippen LogP contribution in [-0.2, 0) is 4.79 Å². The number of amides is 1. The van der Waals surface area contributed by atoms with Gasteiger partial charge in [-0.25, -0.2) is 0 Å². The molecular formula is C8H14N2O. The molecule has 0 aromatic heterocycles. The molecule has 1 atom stereocenters. The SMILES string of the molecule is CC(C)C1CC(=O)N(C)C1=N. The van der Waals surface area contributed by atoms with Crippen LogP contribution in [0, 0.1) is 17.2 Å². The number of likely N-dealkylation sites (tertiary alicyclic amines) is 1. The van der Waals surface area contributed by atoms with Crippen molar-refractivity contribution in [3.05, 3.63) is 0 Å². The van der Waals surface area contributed by atoms with Crippen LogP contribution in [0.15, 0.2) is 0 Å². The molecule has 3 heteroatoms. The summed E-state index contributed by atoms with van der Waals surface area (Å²) >= 11 is 0. The molecule has 1 heterocycles. The third-order valence-corrected chi connectivity index (χ3v) is 2.29. The van der Waals surface area contributed by atoms with Crippen LogP contribution in [0.5, 0.6) is 0 Å². The fraction of sp³-hybridized carbons (Fsp3) is 0.750. The number of carbonyl (C=O) groups excluding carboxylic acids is 1. The molecule has 0 aliphatic carbocycles. The summed E-state index contributed by atoms with van der Waals surface area (Å²) in [4.78, 5) is 12.5. The molecule has 1 aliphatic heterocycles. The van der Waals surface area contributed by atoms with Crippen molar-refractivity contribution in [3.8, 4) is 0 Å². The van der Waals surface area contributed by atoms with E-state index in [1.54, 1.807) is 7.05 Å². The summed E-state index contributed by atoms with van der Waals surface area (Å²) in [6.07, 6.45) is 0.521. The van der Waals surface area contributed by atoms with Gasteiger partial charge in [-0.05, 0) is 5.92 Å². The van der Waals surface area contributed by atoms with Crippen molar-refractivity contribution < 1.29 is 4.79 Å². The Bertz CT molecular complexity index is 198. The van der Waals surface area contributed by atoms with Crippen LogP contribution in [0.2, 0.25) is 0 Å². The normalized spacial score (nSPS) is 25.5. The molecule has 0 aromatic carbocycles. The molecule has 11 heavy (non-hydrogen) atoms. The summed E-state index contributed by atoms with van der Waals surface area (Å²) in [6, 6.07) is 0. The van der Waals surface area contributed by atoms with Crippen LogP contribution < -0.4 is 0 Å². The first-order chi connectivity index (χ1) is 5.04. The van der Waals surface area contributed by atoms with Gasteiger partial charge >= 0.3 is 0 Å². The summed E-state index contributed by atoms with van der Waals surface area (Å²) in [5.41, 5.74) is 0. The Labute approximate surface area is 66.9 Å². The van der Waals surface area contributed by atoms with Gasteiger partial charge in [-0.1, -0.05) is 13.8 Å². The fourth-order valence-corrected chi connectivity index (χ4v) is 1.36. The lowest BCUT2D eigenvalue weighted by Crippen LogP contribution is -2.26. The molecule has 62 valence electrons. The first-order valence-electron chi connectivity index (χ1n) is 3.89. The smallest absolute Gasteiger partial charge is 0.228 e. The van der Waals surface area contributed by atoms with E-state index in [-0.39, 0.29) is 11.8 Å². The summed E-state index contributed by atoms with van der Waals surface area (Å²) < 4.78 is 0. The quantitative estimate of drug-likeness (QED) is 0.604. The van der Waals surface area contributed by atoms with Gasteiger partial charge in [0.15, 0.2) is 0 Å². The minimum Gasteiger partial charge on any atom is -0.304 e. The average molecular weight is 154 g/mol. The lowest BCUT2D eigenvalue weighted by atomic mass is 9.94. The number of hydrogen-bond acceptors (Lipinski definition) is 2. The predicted molar refractivity (Wildman–Crippen MR) is 43.4 cm³/mol. The van der Waals surface area contributed by atoms with Gasteiger partial charge in [0.2, 0.25) is 5.91 Å². The average Bonchev–Trinajstić information content (AvgIpc) is 2.17. The molecule has 1 saturated heterocycles. The molecule has 0 spiro atoms. The zero-order chi connectivity index (χ0) is 8.59. The Morgan fingerprint density at radius 2 is 2.18 bits per heavy atom. The zero-order valence-electron chi connectivity index (χ0n) is 7.22. The molecule has 1 N–H and O–H groups in total. The summed E-state index contributed by atoms with van der Waals surface area (Å²) in [5, 5.41) is 7.58. The van der Waals surface area contributed by atoms with Crippen molar-refractivity contribution in [1.29, 1.82) is 5.41 Å². The van der Waals surface area contributed by atoms with Gasteiger partial charge in [-0.3, -0.25) is 10.2 Å². The van der Waals surface area contributed by atoms with E-state index >= 15 is 0 Å². The Morgan fingerprint density at radius 1 is 1.64 bits per heavy atom. The highest BCUT2D eigenvalue weighted by Gasteiger charge is 2.34. The Kier molecular flexibility index (Phi) is 1.98. The monoisotopic (exact) mass is 154 g/mol. The van der Waals surface area contributed by atoms with Crippen LogP contribution in [-0.4, -0.2) is 23.7 Å². The first-order valence-corrected chi connectivity index (χ1v) is 3.89. The maximum atomic E-state index is 11.1. The lowest BCUT2D eigenvalue weighted by Gasteiger charge is -2.14. The summed E-state index contributed by atoms with van der Waals surface area (Å²) in [7, 11) is 1.67. The molecule has 0 saturated carbocycles. The minimum absolute atomic E-state index is 0.0775. The zero-order valence-corrected chi connectivity index (χ0v) is 7.22. The van der Waals surface area contributed by atoms with Gasteiger partial charge in [0.25, 0.3) is 0 Å². The number of rotatable bonds is 1. The highest BCUT2D eigenvalue weighted by molar-refractivity contribution is 6.04. The Balaban J connectivity index is 2.75. The van der Waals surface area contributed by atoms with Crippen LogP contribution in [0.3, 0.4) is 0 Å². The van der Waals surface area contributed by atoms with Crippen LogP contribution in [0.1, 0.15) is 20.3 Å². The van der Waals surface area contributed by atoms with Crippen molar-refractivity contribution in [3.63, 3.8) is 0 Å². The molecule has 1 amide bonds. The molecule has 1 unspecified atom stereocenters. The highest BCUT2D eigenvalue weighted by Crippen LogP contribution is 2.24. The highest BCUT2D eigenvalue weighted by atomic mass is 16.2. The van der Waals surface area contributed by atoms with Gasteiger partial charge in [-0.2, -0.15) is 0 Å². The number of hydrogen-bond donors (Lipinski definition) is 1. The predicted octanol–water partition coefficient (Wildman–Crippen LogP) is 1.10. The van der Waals surface area contributed by atoms with Crippen molar-refractivity contribution >= 4 is 11.7 Å². The third kappa shape index (κ3) is 1.27. The van der Waals surface area contributed by atoms with Crippen molar-refractivity contribution in [1.82, 2.24) is 4.90 Å². The molecular weight excluding hydrogens is 140 g/mol. The number of nitrogens with one attached hydrogen (secondary N) is 1. The van der Waals surface area contributed by atoms with E-state index in [9.17, 15) is 4.79 Å². The lowest BCUT2D eigenvalue weighted by molar-refractivity contribution is -0.125. The van der Waals surface area contributed by atoms with E-state index in [0.29, 0.717) is 18.2 Å². The first kappa shape index (κ1) is 8.24. The van der Waals surface area contributed by atoms with E-state index in [1.165, 1.54) is 4.90 Å².